The van der Waals surface area contributed by atoms with Crippen molar-refractivity contribution in [1.29, 1.82) is 0 Å². The molecule has 0 radical (unpaired) electrons. The van der Waals surface area contributed by atoms with E-state index in [1.54, 1.807) is 13.8 Å². The topological polar surface area (TPSA) is 47.9 Å². The zero-order chi connectivity index (χ0) is 13.0. The fraction of sp³-hybridized carbons (Fsp3) is 0.571. The Bertz CT molecular complexity index is 360. The number of ether oxygens (including phenoxy) is 3. The van der Waals surface area contributed by atoms with Crippen molar-refractivity contribution in [2.24, 2.45) is 0 Å². The van der Waals surface area contributed by atoms with Gasteiger partial charge in [-0.1, -0.05) is 12.1 Å². The van der Waals surface area contributed by atoms with Crippen molar-refractivity contribution in [2.75, 3.05) is 19.8 Å². The summed E-state index contributed by atoms with van der Waals surface area (Å²) >= 11 is 0. The van der Waals surface area contributed by atoms with Gasteiger partial charge in [-0.2, -0.15) is 0 Å². The van der Waals surface area contributed by atoms with E-state index >= 15 is 0 Å². The molecule has 0 spiro atoms. The summed E-state index contributed by atoms with van der Waals surface area (Å²) in [5.41, 5.74) is 0.0571. The van der Waals surface area contributed by atoms with E-state index < -0.39 is 5.60 Å². The van der Waals surface area contributed by atoms with Crippen molar-refractivity contribution in [3.8, 4) is 5.75 Å². The molecule has 1 aromatic carbocycles. The van der Waals surface area contributed by atoms with Crippen LogP contribution in [0.15, 0.2) is 24.3 Å². The van der Waals surface area contributed by atoms with Crippen LogP contribution in [0.4, 0.5) is 0 Å². The average molecular weight is 252 g/mol. The van der Waals surface area contributed by atoms with Crippen molar-refractivity contribution in [2.45, 2.75) is 32.2 Å². The molecule has 0 aliphatic carbocycles. The highest BCUT2D eigenvalue weighted by molar-refractivity contribution is 5.30. The van der Waals surface area contributed by atoms with Gasteiger partial charge >= 0.3 is 0 Å². The van der Waals surface area contributed by atoms with E-state index in [0.717, 1.165) is 17.7 Å². The van der Waals surface area contributed by atoms with Crippen LogP contribution in [-0.4, -0.2) is 31.2 Å². The Hall–Kier alpha value is -1.10. The Kier molecular flexibility index (Phi) is 4.22. The Morgan fingerprint density at radius 1 is 1.22 bits per heavy atom. The van der Waals surface area contributed by atoms with Crippen molar-refractivity contribution in [3.05, 3.63) is 29.8 Å². The van der Waals surface area contributed by atoms with Gasteiger partial charge in [-0.3, -0.25) is 0 Å². The monoisotopic (exact) mass is 252 g/mol. The van der Waals surface area contributed by atoms with Gasteiger partial charge in [0, 0.05) is 6.42 Å². The summed E-state index contributed by atoms with van der Waals surface area (Å²) in [6.07, 6.45) is 0.605. The highest BCUT2D eigenvalue weighted by Crippen LogP contribution is 2.22. The lowest BCUT2D eigenvalue weighted by molar-refractivity contribution is -0.0531. The SMILES string of the molecule is CC(C)(O)c1ccc(OCCC2OCCO2)cc1. The molecule has 0 amide bonds. The number of hydrogen-bond donors (Lipinski definition) is 1. The lowest BCUT2D eigenvalue weighted by atomic mass is 9.99. The number of rotatable bonds is 5. The quantitative estimate of drug-likeness (QED) is 0.871. The molecular formula is C14H20O4. The fourth-order valence-electron chi connectivity index (χ4n) is 1.81. The average Bonchev–Trinajstić information content (AvgIpc) is 2.82. The summed E-state index contributed by atoms with van der Waals surface area (Å²) in [7, 11) is 0. The highest BCUT2D eigenvalue weighted by atomic mass is 16.7. The third-order valence-corrected chi connectivity index (χ3v) is 2.87. The minimum atomic E-state index is -0.815. The molecule has 1 aromatic rings. The van der Waals surface area contributed by atoms with Crippen LogP contribution in [-0.2, 0) is 15.1 Å². The van der Waals surface area contributed by atoms with Gasteiger partial charge in [0.25, 0.3) is 0 Å². The molecule has 1 saturated heterocycles. The molecule has 4 heteroatoms. The summed E-state index contributed by atoms with van der Waals surface area (Å²) in [6, 6.07) is 7.48. The van der Waals surface area contributed by atoms with Crippen LogP contribution in [0.5, 0.6) is 5.75 Å². The van der Waals surface area contributed by atoms with E-state index in [2.05, 4.69) is 0 Å². The van der Waals surface area contributed by atoms with Crippen LogP contribution in [0.25, 0.3) is 0 Å². The van der Waals surface area contributed by atoms with Crippen LogP contribution < -0.4 is 4.74 Å². The van der Waals surface area contributed by atoms with Gasteiger partial charge in [0.05, 0.1) is 25.4 Å². The summed E-state index contributed by atoms with van der Waals surface area (Å²) in [4.78, 5) is 0. The molecule has 1 aliphatic heterocycles. The molecule has 18 heavy (non-hydrogen) atoms. The molecule has 1 N–H and O–H groups in total. The second-order valence-electron chi connectivity index (χ2n) is 4.89. The van der Waals surface area contributed by atoms with Gasteiger partial charge in [-0.25, -0.2) is 0 Å². The van der Waals surface area contributed by atoms with E-state index in [4.69, 9.17) is 14.2 Å². The van der Waals surface area contributed by atoms with Crippen molar-refractivity contribution in [3.63, 3.8) is 0 Å². The predicted octanol–water partition coefficient (Wildman–Crippen LogP) is 2.06. The van der Waals surface area contributed by atoms with Gasteiger partial charge in [-0.05, 0) is 31.5 Å². The Balaban J connectivity index is 1.79. The molecule has 0 bridgehead atoms. The number of hydrogen-bond acceptors (Lipinski definition) is 4. The summed E-state index contributed by atoms with van der Waals surface area (Å²) in [5, 5.41) is 9.83. The minimum Gasteiger partial charge on any atom is -0.493 e. The van der Waals surface area contributed by atoms with Crippen LogP contribution >= 0.6 is 0 Å². The van der Waals surface area contributed by atoms with Crippen molar-refractivity contribution in [1.82, 2.24) is 0 Å². The van der Waals surface area contributed by atoms with Crippen LogP contribution in [0.1, 0.15) is 25.8 Å². The Labute approximate surface area is 107 Å². The Morgan fingerprint density at radius 3 is 2.39 bits per heavy atom. The van der Waals surface area contributed by atoms with Crippen LogP contribution in [0.3, 0.4) is 0 Å². The number of aliphatic hydroxyl groups is 1. The zero-order valence-corrected chi connectivity index (χ0v) is 10.9. The Morgan fingerprint density at radius 2 is 1.83 bits per heavy atom. The maximum atomic E-state index is 9.83. The molecule has 4 nitrogen and oxygen atoms in total. The third-order valence-electron chi connectivity index (χ3n) is 2.87. The minimum absolute atomic E-state index is 0.124. The first-order valence-electron chi connectivity index (χ1n) is 6.24. The van der Waals surface area contributed by atoms with Gasteiger partial charge in [-0.15, -0.1) is 0 Å². The standard InChI is InChI=1S/C14H20O4/c1-14(2,15)11-3-5-12(6-4-11)16-8-7-13-17-9-10-18-13/h3-6,13,15H,7-10H2,1-2H3. The molecule has 100 valence electrons. The summed E-state index contributed by atoms with van der Waals surface area (Å²) in [5.74, 6) is 0.793. The molecule has 1 aliphatic rings. The maximum absolute atomic E-state index is 9.83. The van der Waals surface area contributed by atoms with E-state index in [1.807, 2.05) is 24.3 Å². The summed E-state index contributed by atoms with van der Waals surface area (Å²) in [6.45, 7) is 5.43. The highest BCUT2D eigenvalue weighted by Gasteiger charge is 2.16. The molecule has 0 aromatic heterocycles. The fourth-order valence-corrected chi connectivity index (χ4v) is 1.81. The lowest BCUT2D eigenvalue weighted by Crippen LogP contribution is -2.15. The molecule has 1 fully saturated rings. The van der Waals surface area contributed by atoms with Crippen LogP contribution in [0.2, 0.25) is 0 Å². The zero-order valence-electron chi connectivity index (χ0n) is 10.9. The molecule has 0 saturated carbocycles. The van der Waals surface area contributed by atoms with Gasteiger partial charge in [0.15, 0.2) is 6.29 Å². The second kappa shape index (κ2) is 5.69. The molecule has 1 heterocycles. The van der Waals surface area contributed by atoms with E-state index in [1.165, 1.54) is 0 Å². The van der Waals surface area contributed by atoms with Gasteiger partial charge in [0.1, 0.15) is 5.75 Å². The maximum Gasteiger partial charge on any atom is 0.161 e. The lowest BCUT2D eigenvalue weighted by Gasteiger charge is -2.18. The van der Waals surface area contributed by atoms with Crippen molar-refractivity contribution >= 4 is 0 Å². The second-order valence-corrected chi connectivity index (χ2v) is 4.89. The van der Waals surface area contributed by atoms with Gasteiger partial charge in [0.2, 0.25) is 0 Å². The van der Waals surface area contributed by atoms with E-state index in [-0.39, 0.29) is 6.29 Å². The normalized spacial score (nSPS) is 17.1. The first kappa shape index (κ1) is 13.3. The van der Waals surface area contributed by atoms with Gasteiger partial charge < -0.3 is 19.3 Å². The van der Waals surface area contributed by atoms with E-state index in [0.29, 0.717) is 19.8 Å². The molecule has 2 rings (SSSR count). The molecule has 0 atom stereocenters. The third kappa shape index (κ3) is 3.70. The van der Waals surface area contributed by atoms with Crippen molar-refractivity contribution < 1.29 is 19.3 Å². The predicted molar refractivity (Wildman–Crippen MR) is 67.5 cm³/mol. The van der Waals surface area contributed by atoms with E-state index in [9.17, 15) is 5.11 Å². The number of benzene rings is 1. The van der Waals surface area contributed by atoms with Crippen LogP contribution in [0, 0.1) is 0 Å². The first-order chi connectivity index (χ1) is 8.55. The molecule has 0 unspecified atom stereocenters. The largest absolute Gasteiger partial charge is 0.493 e. The summed E-state index contributed by atoms with van der Waals surface area (Å²) < 4.78 is 16.2. The first-order valence-corrected chi connectivity index (χ1v) is 6.24. The smallest absolute Gasteiger partial charge is 0.161 e. The molecular weight excluding hydrogens is 232 g/mol.